The lowest BCUT2D eigenvalue weighted by Gasteiger charge is -2.22. The zero-order chi connectivity index (χ0) is 12.1. The Kier molecular flexibility index (Phi) is 4.67. The van der Waals surface area contributed by atoms with Crippen LogP contribution in [0.1, 0.15) is 37.0 Å². The van der Waals surface area contributed by atoms with E-state index in [4.69, 9.17) is 5.73 Å². The molecule has 5 nitrogen and oxygen atoms in total. The van der Waals surface area contributed by atoms with Gasteiger partial charge in [-0.1, -0.05) is 31.6 Å². The Labute approximate surface area is 99.7 Å². The largest absolute Gasteiger partial charge is 0.374 e. The molecule has 1 aromatic rings. The summed E-state index contributed by atoms with van der Waals surface area (Å²) in [5, 5.41) is 8.14. The molecule has 2 N–H and O–H groups in total. The minimum absolute atomic E-state index is 0.0722. The molecule has 1 rings (SSSR count). The molecule has 0 aliphatic carbocycles. The van der Waals surface area contributed by atoms with Crippen LogP contribution in [0.5, 0.6) is 0 Å². The van der Waals surface area contributed by atoms with Gasteiger partial charge in [0.15, 0.2) is 0 Å². The van der Waals surface area contributed by atoms with E-state index in [9.17, 15) is 4.79 Å². The second-order valence-electron chi connectivity index (χ2n) is 3.80. The van der Waals surface area contributed by atoms with Crippen LogP contribution in [0.3, 0.4) is 0 Å². The van der Waals surface area contributed by atoms with Crippen molar-refractivity contribution in [1.82, 2.24) is 15.1 Å². The maximum Gasteiger partial charge on any atom is 0.284 e. The van der Waals surface area contributed by atoms with Crippen LogP contribution < -0.4 is 5.73 Å². The van der Waals surface area contributed by atoms with Crippen molar-refractivity contribution < 1.29 is 4.79 Å². The number of nitrogen functional groups attached to an aromatic ring is 1. The standard InChI is InChI=1S/C10H18N4OS/c1-4-7(3)6-14(5-2)9(15)8-12-13-10(11)16-8/h7H,4-6H2,1-3H3,(H2,11,13). The molecule has 0 saturated heterocycles. The number of nitrogens with two attached hydrogens (primary N) is 1. The van der Waals surface area contributed by atoms with Crippen LogP contribution in [0.15, 0.2) is 0 Å². The third kappa shape index (κ3) is 3.16. The number of carbonyl (C=O) groups is 1. The average Bonchev–Trinajstić information content (AvgIpc) is 2.71. The maximum atomic E-state index is 12.0. The zero-order valence-corrected chi connectivity index (χ0v) is 10.8. The number of nitrogens with zero attached hydrogens (tertiary/aromatic N) is 3. The molecule has 0 spiro atoms. The topological polar surface area (TPSA) is 72.1 Å². The predicted molar refractivity (Wildman–Crippen MR) is 65.4 cm³/mol. The summed E-state index contributed by atoms with van der Waals surface area (Å²) in [5.74, 6) is 0.422. The van der Waals surface area contributed by atoms with Crippen molar-refractivity contribution in [1.29, 1.82) is 0 Å². The van der Waals surface area contributed by atoms with Gasteiger partial charge in [0.1, 0.15) is 0 Å². The Morgan fingerprint density at radius 2 is 2.19 bits per heavy atom. The lowest BCUT2D eigenvalue weighted by molar-refractivity contribution is 0.0739. The fourth-order valence-corrected chi connectivity index (χ4v) is 1.90. The quantitative estimate of drug-likeness (QED) is 0.851. The van der Waals surface area contributed by atoms with Gasteiger partial charge < -0.3 is 10.6 Å². The van der Waals surface area contributed by atoms with Crippen LogP contribution in [-0.2, 0) is 0 Å². The molecule has 0 bridgehead atoms. The molecular formula is C10H18N4OS. The highest BCUT2D eigenvalue weighted by Crippen LogP contribution is 2.15. The molecule has 0 aliphatic heterocycles. The molecule has 1 atom stereocenters. The molecule has 0 saturated carbocycles. The third-order valence-electron chi connectivity index (χ3n) is 2.52. The number of hydrogen-bond donors (Lipinski definition) is 1. The first kappa shape index (κ1) is 12.9. The van der Waals surface area contributed by atoms with E-state index in [0.29, 0.717) is 22.6 Å². The number of carbonyl (C=O) groups excluding carboxylic acids is 1. The summed E-state index contributed by atoms with van der Waals surface area (Å²) in [6, 6.07) is 0. The van der Waals surface area contributed by atoms with Crippen LogP contribution in [0.25, 0.3) is 0 Å². The van der Waals surface area contributed by atoms with E-state index in [2.05, 4.69) is 24.0 Å². The van der Waals surface area contributed by atoms with E-state index < -0.39 is 0 Å². The van der Waals surface area contributed by atoms with Gasteiger partial charge >= 0.3 is 0 Å². The average molecular weight is 242 g/mol. The molecule has 90 valence electrons. The smallest absolute Gasteiger partial charge is 0.284 e. The number of aromatic nitrogens is 2. The SMILES string of the molecule is CCC(C)CN(CC)C(=O)c1nnc(N)s1. The number of anilines is 1. The molecule has 0 aromatic carbocycles. The Hall–Kier alpha value is -1.17. The van der Waals surface area contributed by atoms with Crippen LogP contribution in [0.2, 0.25) is 0 Å². The molecule has 1 aromatic heterocycles. The summed E-state index contributed by atoms with van der Waals surface area (Å²) < 4.78 is 0. The van der Waals surface area contributed by atoms with Crippen LogP contribution in [-0.4, -0.2) is 34.1 Å². The van der Waals surface area contributed by atoms with E-state index >= 15 is 0 Å². The lowest BCUT2D eigenvalue weighted by atomic mass is 10.1. The summed E-state index contributed by atoms with van der Waals surface area (Å²) in [6.45, 7) is 7.65. The predicted octanol–water partition coefficient (Wildman–Crippen LogP) is 1.63. The fourth-order valence-electron chi connectivity index (χ4n) is 1.32. The van der Waals surface area contributed by atoms with Crippen LogP contribution in [0.4, 0.5) is 5.13 Å². The van der Waals surface area contributed by atoms with E-state index in [1.54, 1.807) is 4.90 Å². The summed E-state index contributed by atoms with van der Waals surface area (Å²) in [6.07, 6.45) is 1.06. The molecule has 0 radical (unpaired) electrons. The Balaban J connectivity index is 2.69. The van der Waals surface area contributed by atoms with Gasteiger partial charge in [-0.05, 0) is 12.8 Å². The van der Waals surface area contributed by atoms with E-state index in [-0.39, 0.29) is 5.91 Å². The van der Waals surface area contributed by atoms with Gasteiger partial charge in [0.2, 0.25) is 10.1 Å². The highest BCUT2D eigenvalue weighted by molar-refractivity contribution is 7.16. The zero-order valence-electron chi connectivity index (χ0n) is 9.93. The van der Waals surface area contributed by atoms with Crippen LogP contribution >= 0.6 is 11.3 Å². The second-order valence-corrected chi connectivity index (χ2v) is 4.81. The molecule has 0 aliphatic rings. The molecule has 16 heavy (non-hydrogen) atoms. The van der Waals surface area contributed by atoms with Crippen molar-refractivity contribution in [2.75, 3.05) is 18.8 Å². The highest BCUT2D eigenvalue weighted by Gasteiger charge is 2.19. The number of amides is 1. The summed E-state index contributed by atoms with van der Waals surface area (Å²) >= 11 is 1.14. The maximum absolute atomic E-state index is 12.0. The minimum Gasteiger partial charge on any atom is -0.374 e. The molecule has 0 fully saturated rings. The van der Waals surface area contributed by atoms with Crippen molar-refractivity contribution in [2.45, 2.75) is 27.2 Å². The molecule has 6 heteroatoms. The first-order valence-corrected chi connectivity index (χ1v) is 6.28. The fraction of sp³-hybridized carbons (Fsp3) is 0.700. The highest BCUT2D eigenvalue weighted by atomic mass is 32.1. The molecular weight excluding hydrogens is 224 g/mol. The van der Waals surface area contributed by atoms with E-state index in [1.165, 1.54) is 0 Å². The monoisotopic (exact) mass is 242 g/mol. The number of hydrogen-bond acceptors (Lipinski definition) is 5. The first-order valence-electron chi connectivity index (χ1n) is 5.46. The van der Waals surface area contributed by atoms with Gasteiger partial charge in [-0.3, -0.25) is 4.79 Å². The van der Waals surface area contributed by atoms with Crippen molar-refractivity contribution >= 4 is 22.4 Å². The van der Waals surface area contributed by atoms with Crippen molar-refractivity contribution in [3.8, 4) is 0 Å². The Morgan fingerprint density at radius 1 is 1.50 bits per heavy atom. The first-order chi connectivity index (χ1) is 7.58. The second kappa shape index (κ2) is 5.79. The third-order valence-corrected chi connectivity index (χ3v) is 3.26. The van der Waals surface area contributed by atoms with Gasteiger partial charge in [0.05, 0.1) is 0 Å². The van der Waals surface area contributed by atoms with E-state index in [0.717, 1.165) is 24.3 Å². The number of rotatable bonds is 5. The van der Waals surface area contributed by atoms with Gasteiger partial charge in [-0.2, -0.15) is 0 Å². The summed E-state index contributed by atoms with van der Waals surface area (Å²) in [4.78, 5) is 13.8. The lowest BCUT2D eigenvalue weighted by Crippen LogP contribution is -2.34. The van der Waals surface area contributed by atoms with Crippen molar-refractivity contribution in [3.05, 3.63) is 5.01 Å². The normalized spacial score (nSPS) is 12.4. The van der Waals surface area contributed by atoms with Gasteiger partial charge in [-0.15, -0.1) is 10.2 Å². The summed E-state index contributed by atoms with van der Waals surface area (Å²) in [5.41, 5.74) is 5.46. The van der Waals surface area contributed by atoms with E-state index in [1.807, 2.05) is 6.92 Å². The van der Waals surface area contributed by atoms with Crippen LogP contribution in [0, 0.1) is 5.92 Å². The van der Waals surface area contributed by atoms with Crippen molar-refractivity contribution in [2.24, 2.45) is 5.92 Å². The van der Waals surface area contributed by atoms with Crippen molar-refractivity contribution in [3.63, 3.8) is 0 Å². The molecule has 1 unspecified atom stereocenters. The Bertz CT molecular complexity index is 352. The Morgan fingerprint density at radius 3 is 2.62 bits per heavy atom. The van der Waals surface area contributed by atoms with Gasteiger partial charge in [-0.25, -0.2) is 0 Å². The van der Waals surface area contributed by atoms with Gasteiger partial charge in [0, 0.05) is 13.1 Å². The van der Waals surface area contributed by atoms with Gasteiger partial charge in [0.25, 0.3) is 5.91 Å². The molecule has 1 amide bonds. The minimum atomic E-state index is -0.0722. The molecule has 1 heterocycles. The summed E-state index contributed by atoms with van der Waals surface area (Å²) in [7, 11) is 0.